The average molecular weight is 262 g/mol. The van der Waals surface area contributed by atoms with E-state index in [0.29, 0.717) is 17.8 Å². The van der Waals surface area contributed by atoms with Gasteiger partial charge in [0.2, 0.25) is 5.82 Å². The van der Waals surface area contributed by atoms with E-state index >= 15 is 0 Å². The molecule has 5 heteroatoms. The van der Waals surface area contributed by atoms with E-state index in [1.807, 2.05) is 0 Å². The first-order valence-corrected chi connectivity index (χ1v) is 7.49. The summed E-state index contributed by atoms with van der Waals surface area (Å²) in [5.74, 6) is 2.41. The Morgan fingerprint density at radius 3 is 2.63 bits per heavy atom. The zero-order chi connectivity index (χ0) is 13.2. The van der Waals surface area contributed by atoms with E-state index in [0.717, 1.165) is 37.4 Å². The Morgan fingerprint density at radius 1 is 1.26 bits per heavy atom. The lowest BCUT2D eigenvalue weighted by atomic mass is 9.84. The van der Waals surface area contributed by atoms with Crippen LogP contribution in [0.1, 0.15) is 74.2 Å². The Morgan fingerprint density at radius 2 is 2.00 bits per heavy atom. The highest BCUT2D eigenvalue weighted by Crippen LogP contribution is 2.37. The number of aromatic amines is 1. The Kier molecular flexibility index (Phi) is 3.53. The van der Waals surface area contributed by atoms with Crippen molar-refractivity contribution in [3.8, 4) is 0 Å². The summed E-state index contributed by atoms with van der Waals surface area (Å²) in [4.78, 5) is 16.4. The summed E-state index contributed by atoms with van der Waals surface area (Å²) in [5, 5.41) is 9.97. The summed E-state index contributed by atoms with van der Waals surface area (Å²) in [7, 11) is 0. The fraction of sp³-hybridized carbons (Fsp3) is 0.786. The molecular weight excluding hydrogens is 240 g/mol. The van der Waals surface area contributed by atoms with Crippen LogP contribution in [0, 0.1) is 5.92 Å². The van der Waals surface area contributed by atoms with Gasteiger partial charge in [-0.15, -0.1) is 5.10 Å². The number of nitrogens with one attached hydrogen (secondary N) is 2. The number of aromatic nitrogens is 3. The monoisotopic (exact) mass is 262 g/mol. The first-order valence-electron chi connectivity index (χ1n) is 7.49. The molecule has 2 aliphatic carbocycles. The van der Waals surface area contributed by atoms with Crippen LogP contribution < -0.4 is 5.32 Å². The van der Waals surface area contributed by atoms with Crippen LogP contribution in [0.15, 0.2) is 0 Å². The number of nitrogens with zero attached hydrogens (tertiary/aromatic N) is 2. The Bertz CT molecular complexity index is 444. The molecule has 1 aromatic heterocycles. The Hall–Kier alpha value is -1.39. The molecule has 0 unspecified atom stereocenters. The van der Waals surface area contributed by atoms with Crippen LogP contribution in [0.4, 0.5) is 0 Å². The number of rotatable bonds is 4. The van der Waals surface area contributed by atoms with E-state index in [9.17, 15) is 4.79 Å². The van der Waals surface area contributed by atoms with E-state index < -0.39 is 0 Å². The second kappa shape index (κ2) is 5.31. The number of amides is 1. The summed E-state index contributed by atoms with van der Waals surface area (Å²) in [6.07, 6.45) is 8.21. The van der Waals surface area contributed by atoms with E-state index in [1.54, 1.807) is 0 Å². The van der Waals surface area contributed by atoms with Gasteiger partial charge in [-0.05, 0) is 44.4 Å². The van der Waals surface area contributed by atoms with Crippen molar-refractivity contribution in [2.75, 3.05) is 0 Å². The molecule has 19 heavy (non-hydrogen) atoms. The zero-order valence-corrected chi connectivity index (χ0v) is 11.5. The number of carbonyl (C=O) groups excluding carboxylic acids is 1. The van der Waals surface area contributed by atoms with Crippen LogP contribution in [0.25, 0.3) is 0 Å². The standard InChI is InChI=1S/C14H22N4O/c1-2-9-3-7-11(8-4-9)15-14(19)13-16-12(17-18-13)10-5-6-10/h9-11H,2-8H2,1H3,(H,15,19)(H,16,17,18). The molecule has 104 valence electrons. The van der Waals surface area contributed by atoms with Gasteiger partial charge in [0, 0.05) is 12.0 Å². The smallest absolute Gasteiger partial charge is 0.291 e. The van der Waals surface area contributed by atoms with Crippen LogP contribution in [0.3, 0.4) is 0 Å². The highest BCUT2D eigenvalue weighted by Gasteiger charge is 2.29. The van der Waals surface area contributed by atoms with Crippen LogP contribution in [-0.4, -0.2) is 27.1 Å². The third-order valence-corrected chi connectivity index (χ3v) is 4.43. The predicted molar refractivity (Wildman–Crippen MR) is 71.9 cm³/mol. The summed E-state index contributed by atoms with van der Waals surface area (Å²) < 4.78 is 0. The number of carbonyl (C=O) groups is 1. The van der Waals surface area contributed by atoms with Gasteiger partial charge < -0.3 is 5.32 Å². The number of H-pyrrole nitrogens is 1. The second-order valence-corrected chi connectivity index (χ2v) is 5.92. The SMILES string of the molecule is CCC1CCC(NC(=O)c2n[nH]c(C3CC3)n2)CC1. The fourth-order valence-electron chi connectivity index (χ4n) is 2.88. The quantitative estimate of drug-likeness (QED) is 0.875. The molecule has 1 heterocycles. The van der Waals surface area contributed by atoms with Crippen molar-refractivity contribution in [2.24, 2.45) is 5.92 Å². The van der Waals surface area contributed by atoms with Gasteiger partial charge in [-0.25, -0.2) is 4.98 Å². The van der Waals surface area contributed by atoms with Gasteiger partial charge in [0.05, 0.1) is 0 Å². The molecule has 2 aliphatic rings. The van der Waals surface area contributed by atoms with Gasteiger partial charge in [0.25, 0.3) is 5.91 Å². The lowest BCUT2D eigenvalue weighted by molar-refractivity contribution is 0.0911. The van der Waals surface area contributed by atoms with Gasteiger partial charge >= 0.3 is 0 Å². The van der Waals surface area contributed by atoms with Crippen molar-refractivity contribution in [3.05, 3.63) is 11.6 Å². The molecule has 0 aromatic carbocycles. The van der Waals surface area contributed by atoms with Crippen molar-refractivity contribution in [2.45, 2.75) is 63.8 Å². The van der Waals surface area contributed by atoms with E-state index in [1.165, 1.54) is 19.3 Å². The third kappa shape index (κ3) is 2.96. The molecule has 0 bridgehead atoms. The van der Waals surface area contributed by atoms with Gasteiger partial charge in [-0.2, -0.15) is 0 Å². The lowest BCUT2D eigenvalue weighted by Crippen LogP contribution is -2.38. The fourth-order valence-corrected chi connectivity index (χ4v) is 2.88. The maximum absolute atomic E-state index is 12.1. The summed E-state index contributed by atoms with van der Waals surface area (Å²) in [6.45, 7) is 2.25. The van der Waals surface area contributed by atoms with Crippen LogP contribution in [0.5, 0.6) is 0 Å². The zero-order valence-electron chi connectivity index (χ0n) is 11.5. The maximum atomic E-state index is 12.1. The van der Waals surface area contributed by atoms with E-state index in [2.05, 4.69) is 27.4 Å². The van der Waals surface area contributed by atoms with Crippen LogP contribution >= 0.6 is 0 Å². The topological polar surface area (TPSA) is 70.7 Å². The average Bonchev–Trinajstić information content (AvgIpc) is 3.17. The minimum absolute atomic E-state index is 0.122. The normalized spacial score (nSPS) is 27.2. The predicted octanol–water partition coefficient (Wildman–Crippen LogP) is 2.38. The van der Waals surface area contributed by atoms with Gasteiger partial charge in [-0.1, -0.05) is 13.3 Å². The Balaban J connectivity index is 1.52. The first-order chi connectivity index (χ1) is 9.26. The summed E-state index contributed by atoms with van der Waals surface area (Å²) in [6, 6.07) is 0.304. The minimum Gasteiger partial charge on any atom is -0.347 e. The van der Waals surface area contributed by atoms with Crippen molar-refractivity contribution >= 4 is 5.91 Å². The summed E-state index contributed by atoms with van der Waals surface area (Å²) >= 11 is 0. The maximum Gasteiger partial charge on any atom is 0.291 e. The molecule has 0 aliphatic heterocycles. The molecule has 2 fully saturated rings. The third-order valence-electron chi connectivity index (χ3n) is 4.43. The number of hydrogen-bond acceptors (Lipinski definition) is 3. The van der Waals surface area contributed by atoms with E-state index in [-0.39, 0.29) is 5.91 Å². The molecular formula is C14H22N4O. The molecule has 0 saturated heterocycles. The first kappa shape index (κ1) is 12.6. The lowest BCUT2D eigenvalue weighted by Gasteiger charge is -2.27. The minimum atomic E-state index is -0.122. The molecule has 0 atom stereocenters. The Labute approximate surface area is 113 Å². The van der Waals surface area contributed by atoms with Crippen molar-refractivity contribution < 1.29 is 4.79 Å². The van der Waals surface area contributed by atoms with Crippen molar-refractivity contribution in [3.63, 3.8) is 0 Å². The molecule has 3 rings (SSSR count). The molecule has 5 nitrogen and oxygen atoms in total. The van der Waals surface area contributed by atoms with Crippen molar-refractivity contribution in [1.82, 2.24) is 20.5 Å². The van der Waals surface area contributed by atoms with E-state index in [4.69, 9.17) is 0 Å². The molecule has 2 N–H and O–H groups in total. The number of hydrogen-bond donors (Lipinski definition) is 2. The molecule has 0 spiro atoms. The van der Waals surface area contributed by atoms with Gasteiger partial charge in [-0.3, -0.25) is 9.89 Å². The molecule has 0 radical (unpaired) electrons. The van der Waals surface area contributed by atoms with Gasteiger partial charge in [0.1, 0.15) is 5.82 Å². The largest absolute Gasteiger partial charge is 0.347 e. The highest BCUT2D eigenvalue weighted by molar-refractivity contribution is 5.90. The van der Waals surface area contributed by atoms with Crippen LogP contribution in [-0.2, 0) is 0 Å². The van der Waals surface area contributed by atoms with Crippen molar-refractivity contribution in [1.29, 1.82) is 0 Å². The van der Waals surface area contributed by atoms with Crippen LogP contribution in [0.2, 0.25) is 0 Å². The highest BCUT2D eigenvalue weighted by atomic mass is 16.2. The molecule has 1 aromatic rings. The van der Waals surface area contributed by atoms with Gasteiger partial charge in [0.15, 0.2) is 0 Å². The molecule has 2 saturated carbocycles. The molecule has 1 amide bonds. The second-order valence-electron chi connectivity index (χ2n) is 5.92. The summed E-state index contributed by atoms with van der Waals surface area (Å²) in [5.41, 5.74) is 0.